The monoisotopic (exact) mass is 393 g/mol. The molecule has 6 nitrogen and oxygen atoms in total. The standard InChI is InChI=1S/C20H21N5O.C2H6.CH4/c21-15-7-10-24(11-8-15)16-3-5-17(6-4-16)25-12-14-13-26-20-18(19(14)23-25)2-1-9-22-20;1-2;/h1-6,9,12,15H,7-8,10-11,13,21H2;1-2H3;1H4. The van der Waals surface area contributed by atoms with Crippen molar-refractivity contribution in [1.82, 2.24) is 14.8 Å². The Kier molecular flexibility index (Phi) is 6.54. The number of aromatic nitrogens is 3. The number of nitrogens with two attached hydrogens (primary N) is 1. The Morgan fingerprint density at radius 2 is 1.72 bits per heavy atom. The molecule has 2 N–H and O–H groups in total. The van der Waals surface area contributed by atoms with Crippen LogP contribution in [0.5, 0.6) is 5.88 Å². The van der Waals surface area contributed by atoms with Crippen molar-refractivity contribution in [2.75, 3.05) is 18.0 Å². The maximum absolute atomic E-state index is 6.00. The molecule has 2 aliphatic rings. The minimum atomic E-state index is 0. The van der Waals surface area contributed by atoms with Crippen LogP contribution in [0, 0.1) is 0 Å². The van der Waals surface area contributed by atoms with E-state index >= 15 is 0 Å². The van der Waals surface area contributed by atoms with E-state index in [1.54, 1.807) is 6.20 Å². The van der Waals surface area contributed by atoms with Gasteiger partial charge in [0, 0.05) is 42.8 Å². The Morgan fingerprint density at radius 3 is 2.45 bits per heavy atom. The van der Waals surface area contributed by atoms with Crippen molar-refractivity contribution in [1.29, 1.82) is 0 Å². The summed E-state index contributed by atoms with van der Waals surface area (Å²) in [6.45, 7) is 6.56. The van der Waals surface area contributed by atoms with E-state index in [9.17, 15) is 0 Å². The lowest BCUT2D eigenvalue weighted by Crippen LogP contribution is -2.39. The van der Waals surface area contributed by atoms with E-state index in [-0.39, 0.29) is 7.43 Å². The van der Waals surface area contributed by atoms with Crippen LogP contribution in [-0.4, -0.2) is 33.9 Å². The molecule has 0 spiro atoms. The van der Waals surface area contributed by atoms with Crippen LogP contribution in [0.1, 0.15) is 39.7 Å². The highest BCUT2D eigenvalue weighted by Gasteiger charge is 2.22. The molecule has 29 heavy (non-hydrogen) atoms. The molecule has 0 saturated carbocycles. The second-order valence-corrected chi connectivity index (χ2v) is 6.93. The number of fused-ring (bicyclic) bond motifs is 3. The van der Waals surface area contributed by atoms with Crippen LogP contribution in [0.15, 0.2) is 48.8 Å². The number of pyridine rings is 1. The summed E-state index contributed by atoms with van der Waals surface area (Å²) in [7, 11) is 0. The van der Waals surface area contributed by atoms with E-state index in [2.05, 4.69) is 34.1 Å². The summed E-state index contributed by atoms with van der Waals surface area (Å²) in [6, 6.07) is 12.8. The lowest BCUT2D eigenvalue weighted by atomic mass is 10.1. The van der Waals surface area contributed by atoms with E-state index in [1.165, 1.54) is 5.69 Å². The molecule has 0 bridgehead atoms. The number of rotatable bonds is 2. The highest BCUT2D eigenvalue weighted by atomic mass is 16.5. The van der Waals surface area contributed by atoms with Crippen LogP contribution < -0.4 is 15.4 Å². The fourth-order valence-electron chi connectivity index (χ4n) is 3.68. The van der Waals surface area contributed by atoms with Crippen LogP contribution >= 0.6 is 0 Å². The predicted octanol–water partition coefficient (Wildman–Crippen LogP) is 4.42. The summed E-state index contributed by atoms with van der Waals surface area (Å²) in [5.74, 6) is 0.656. The third-order valence-corrected chi connectivity index (χ3v) is 5.20. The minimum absolute atomic E-state index is 0. The van der Waals surface area contributed by atoms with Gasteiger partial charge < -0.3 is 15.4 Å². The van der Waals surface area contributed by atoms with Gasteiger partial charge in [-0.3, -0.25) is 0 Å². The quantitative estimate of drug-likeness (QED) is 0.698. The van der Waals surface area contributed by atoms with Crippen LogP contribution in [-0.2, 0) is 6.61 Å². The fraction of sp³-hybridized carbons (Fsp3) is 0.391. The first-order valence-electron chi connectivity index (χ1n) is 10.1. The van der Waals surface area contributed by atoms with Crippen LogP contribution in [0.2, 0.25) is 0 Å². The first-order chi connectivity index (χ1) is 13.8. The summed E-state index contributed by atoms with van der Waals surface area (Å²) in [4.78, 5) is 6.68. The van der Waals surface area contributed by atoms with Crippen LogP contribution in [0.4, 0.5) is 5.69 Å². The molecule has 3 aromatic rings. The van der Waals surface area contributed by atoms with Crippen LogP contribution in [0.25, 0.3) is 16.9 Å². The van der Waals surface area contributed by atoms with E-state index in [4.69, 9.17) is 15.6 Å². The van der Waals surface area contributed by atoms with Gasteiger partial charge in [-0.05, 0) is 49.2 Å². The van der Waals surface area contributed by atoms with Gasteiger partial charge in [0.1, 0.15) is 12.3 Å². The van der Waals surface area contributed by atoms with Gasteiger partial charge in [0.05, 0.1) is 11.3 Å². The molecule has 0 amide bonds. The van der Waals surface area contributed by atoms with Crippen molar-refractivity contribution < 1.29 is 4.74 Å². The van der Waals surface area contributed by atoms with E-state index in [0.717, 1.165) is 48.4 Å². The van der Waals surface area contributed by atoms with E-state index in [1.807, 2.05) is 36.9 Å². The molecule has 2 aromatic heterocycles. The molecule has 1 aromatic carbocycles. The summed E-state index contributed by atoms with van der Waals surface area (Å²) in [5.41, 5.74) is 11.3. The maximum Gasteiger partial charge on any atom is 0.223 e. The molecule has 0 radical (unpaired) electrons. The zero-order valence-corrected chi connectivity index (χ0v) is 16.5. The lowest BCUT2D eigenvalue weighted by molar-refractivity contribution is 0.290. The van der Waals surface area contributed by atoms with Gasteiger partial charge in [0.25, 0.3) is 0 Å². The largest absolute Gasteiger partial charge is 0.472 e. The van der Waals surface area contributed by atoms with Crippen molar-refractivity contribution in [2.24, 2.45) is 5.73 Å². The van der Waals surface area contributed by atoms with Crippen molar-refractivity contribution in [3.63, 3.8) is 0 Å². The first-order valence-corrected chi connectivity index (χ1v) is 10.1. The van der Waals surface area contributed by atoms with Gasteiger partial charge in [-0.2, -0.15) is 5.10 Å². The summed E-state index contributed by atoms with van der Waals surface area (Å²) >= 11 is 0. The Hall–Kier alpha value is -2.86. The second-order valence-electron chi connectivity index (χ2n) is 6.93. The van der Waals surface area contributed by atoms with Gasteiger partial charge in [0.15, 0.2) is 0 Å². The molecule has 0 unspecified atom stereocenters. The summed E-state index contributed by atoms with van der Waals surface area (Å²) in [6.07, 6.45) is 5.90. The summed E-state index contributed by atoms with van der Waals surface area (Å²) < 4.78 is 7.65. The molecular formula is C23H31N5O. The average molecular weight is 394 g/mol. The molecule has 1 saturated heterocycles. The Bertz CT molecular complexity index is 927. The topological polar surface area (TPSA) is 69.2 Å². The summed E-state index contributed by atoms with van der Waals surface area (Å²) in [5, 5.41) is 4.78. The van der Waals surface area contributed by atoms with Crippen molar-refractivity contribution >= 4 is 5.69 Å². The molecule has 4 heterocycles. The normalized spacial score (nSPS) is 15.2. The number of anilines is 1. The van der Waals surface area contributed by atoms with Gasteiger partial charge in [-0.25, -0.2) is 9.67 Å². The molecule has 0 aliphatic carbocycles. The second kappa shape index (κ2) is 9.09. The number of hydrogen-bond acceptors (Lipinski definition) is 5. The predicted molar refractivity (Wildman–Crippen MR) is 119 cm³/mol. The SMILES string of the molecule is C.CC.NC1CCN(c2ccc(-n3cc4c(n3)-c3cccnc3OC4)cc2)CC1. The van der Waals surface area contributed by atoms with Gasteiger partial charge in [-0.1, -0.05) is 21.3 Å². The minimum Gasteiger partial charge on any atom is -0.472 e. The molecule has 2 aliphatic heterocycles. The maximum atomic E-state index is 6.00. The highest BCUT2D eigenvalue weighted by molar-refractivity contribution is 5.69. The fourth-order valence-corrected chi connectivity index (χ4v) is 3.68. The van der Waals surface area contributed by atoms with E-state index < -0.39 is 0 Å². The molecular weight excluding hydrogens is 362 g/mol. The Morgan fingerprint density at radius 1 is 1.03 bits per heavy atom. The third-order valence-electron chi connectivity index (χ3n) is 5.20. The first kappa shape index (κ1) is 20.9. The lowest BCUT2D eigenvalue weighted by Gasteiger charge is -2.32. The Balaban J connectivity index is 0.000000778. The number of piperidine rings is 1. The average Bonchev–Trinajstić information content (AvgIpc) is 3.21. The highest BCUT2D eigenvalue weighted by Crippen LogP contribution is 2.35. The molecule has 0 atom stereocenters. The smallest absolute Gasteiger partial charge is 0.223 e. The molecule has 1 fully saturated rings. The van der Waals surface area contributed by atoms with Crippen LogP contribution in [0.3, 0.4) is 0 Å². The van der Waals surface area contributed by atoms with Gasteiger partial charge >= 0.3 is 0 Å². The van der Waals surface area contributed by atoms with Crippen molar-refractivity contribution in [2.45, 2.75) is 46.8 Å². The zero-order chi connectivity index (χ0) is 19.5. The number of ether oxygens (including phenoxy) is 1. The third kappa shape index (κ3) is 4.12. The van der Waals surface area contributed by atoms with Crippen molar-refractivity contribution in [3.05, 3.63) is 54.4 Å². The van der Waals surface area contributed by atoms with E-state index in [0.29, 0.717) is 18.5 Å². The number of hydrogen-bond donors (Lipinski definition) is 1. The Labute approximate surface area is 173 Å². The van der Waals surface area contributed by atoms with Gasteiger partial charge in [-0.15, -0.1) is 0 Å². The number of benzene rings is 1. The molecule has 154 valence electrons. The van der Waals surface area contributed by atoms with Gasteiger partial charge in [0.2, 0.25) is 5.88 Å². The molecule has 6 heteroatoms. The molecule has 5 rings (SSSR count). The number of nitrogens with zero attached hydrogens (tertiary/aromatic N) is 4. The van der Waals surface area contributed by atoms with Crippen molar-refractivity contribution in [3.8, 4) is 22.8 Å². The zero-order valence-electron chi connectivity index (χ0n) is 16.5.